The predicted molar refractivity (Wildman–Crippen MR) is 36.2 cm³/mol. The van der Waals surface area contributed by atoms with E-state index in [-0.39, 0.29) is 0 Å². The molecule has 4 nitrogen and oxygen atoms in total. The van der Waals surface area contributed by atoms with Crippen LogP contribution in [0.1, 0.15) is 20.3 Å². The molecule has 0 aliphatic carbocycles. The molecule has 60 valence electrons. The van der Waals surface area contributed by atoms with Gasteiger partial charge in [0.05, 0.1) is 0 Å². The van der Waals surface area contributed by atoms with Crippen LogP contribution in [-0.2, 0) is 4.79 Å². The van der Waals surface area contributed by atoms with E-state index in [9.17, 15) is 4.79 Å². The second-order valence-corrected chi connectivity index (χ2v) is 2.44. The Kier molecular flexibility index (Phi) is 2.80. The van der Waals surface area contributed by atoms with E-state index in [1.807, 2.05) is 0 Å². The first kappa shape index (κ1) is 9.39. The number of carbonyl (C=O) groups is 1. The first-order valence-corrected chi connectivity index (χ1v) is 3.17. The van der Waals surface area contributed by atoms with Crippen LogP contribution < -0.4 is 5.73 Å². The highest BCUT2D eigenvalue weighted by Crippen LogP contribution is 2.14. The largest absolute Gasteiger partial charge is 0.478 e. The van der Waals surface area contributed by atoms with Gasteiger partial charge in [-0.05, 0) is 6.42 Å². The number of rotatable bonds is 3. The van der Waals surface area contributed by atoms with Gasteiger partial charge in [0.1, 0.15) is 0 Å². The summed E-state index contributed by atoms with van der Waals surface area (Å²) in [6.45, 7) is 3.36. The third kappa shape index (κ3) is 1.68. The molecule has 0 heterocycles. The lowest BCUT2D eigenvalue weighted by Gasteiger charge is -2.23. The van der Waals surface area contributed by atoms with Crippen molar-refractivity contribution >= 4 is 5.97 Å². The van der Waals surface area contributed by atoms with E-state index in [0.29, 0.717) is 6.42 Å². The molecular formula is C6H13NO3. The van der Waals surface area contributed by atoms with E-state index in [1.165, 1.54) is 0 Å². The summed E-state index contributed by atoms with van der Waals surface area (Å²) in [5.41, 5.74) is 2.99. The smallest absolute Gasteiger partial charge is 0.351 e. The van der Waals surface area contributed by atoms with Crippen molar-refractivity contribution in [1.82, 2.24) is 0 Å². The average molecular weight is 147 g/mol. The molecule has 0 fully saturated rings. The lowest BCUT2D eigenvalue weighted by Crippen LogP contribution is -2.53. The molecule has 0 rings (SSSR count). The Hall–Kier alpha value is -0.610. The highest BCUT2D eigenvalue weighted by Gasteiger charge is 2.36. The molecular weight excluding hydrogens is 134 g/mol. The number of carboxylic acids is 1. The third-order valence-electron chi connectivity index (χ3n) is 1.71. The molecule has 0 aromatic heterocycles. The fraction of sp³-hybridized carbons (Fsp3) is 0.833. The number of nitrogens with two attached hydrogens (primary N) is 1. The van der Waals surface area contributed by atoms with Crippen molar-refractivity contribution in [2.45, 2.75) is 26.0 Å². The zero-order chi connectivity index (χ0) is 8.36. The molecule has 0 aromatic carbocycles. The van der Waals surface area contributed by atoms with Gasteiger partial charge in [0.25, 0.3) is 0 Å². The summed E-state index contributed by atoms with van der Waals surface area (Å²) in [6, 6.07) is 0. The van der Waals surface area contributed by atoms with Gasteiger partial charge in [0.2, 0.25) is 5.72 Å². The zero-order valence-corrected chi connectivity index (χ0v) is 6.16. The summed E-state index contributed by atoms with van der Waals surface area (Å²) in [5, 5.41) is 17.4. The number of hydrogen-bond donors (Lipinski definition) is 3. The maximum absolute atomic E-state index is 10.2. The Balaban J connectivity index is 4.23. The van der Waals surface area contributed by atoms with Gasteiger partial charge in [-0.1, -0.05) is 13.8 Å². The minimum Gasteiger partial charge on any atom is -0.478 e. The summed E-state index contributed by atoms with van der Waals surface area (Å²) >= 11 is 0. The highest BCUT2D eigenvalue weighted by atomic mass is 16.4. The topological polar surface area (TPSA) is 83.5 Å². The number of aliphatic hydroxyl groups is 1. The van der Waals surface area contributed by atoms with E-state index in [2.05, 4.69) is 0 Å². The maximum Gasteiger partial charge on any atom is 0.351 e. The predicted octanol–water partition coefficient (Wildman–Crippen LogP) is -0.236. The van der Waals surface area contributed by atoms with Crippen molar-refractivity contribution in [3.63, 3.8) is 0 Å². The standard InChI is InChI=1S/C6H13NO3/c1-3-4(2)6(7,10)5(8)9/h4,10H,3,7H2,1-2H3,(H,8,9)/t4-,6+/m0/s1. The molecule has 4 N–H and O–H groups in total. The molecule has 10 heavy (non-hydrogen) atoms. The molecule has 0 unspecified atom stereocenters. The fourth-order valence-corrected chi connectivity index (χ4v) is 0.522. The van der Waals surface area contributed by atoms with Gasteiger partial charge >= 0.3 is 5.97 Å². The first-order chi connectivity index (χ1) is 4.42. The SMILES string of the molecule is CC[C@H](C)[C@@](N)(O)C(=O)O. The van der Waals surface area contributed by atoms with Gasteiger partial charge in [0, 0.05) is 5.92 Å². The van der Waals surface area contributed by atoms with Crippen LogP contribution in [0.4, 0.5) is 0 Å². The van der Waals surface area contributed by atoms with Crippen LogP contribution >= 0.6 is 0 Å². The second-order valence-electron chi connectivity index (χ2n) is 2.44. The van der Waals surface area contributed by atoms with Crippen molar-refractivity contribution in [3.05, 3.63) is 0 Å². The molecule has 0 aliphatic rings. The minimum atomic E-state index is -2.07. The van der Waals surface area contributed by atoms with E-state index < -0.39 is 17.6 Å². The molecule has 0 spiro atoms. The van der Waals surface area contributed by atoms with Crippen molar-refractivity contribution in [3.8, 4) is 0 Å². The first-order valence-electron chi connectivity index (χ1n) is 3.17. The van der Waals surface area contributed by atoms with Crippen LogP contribution in [0.2, 0.25) is 0 Å². The normalized spacial score (nSPS) is 19.6. The van der Waals surface area contributed by atoms with Crippen molar-refractivity contribution in [2.75, 3.05) is 0 Å². The average Bonchev–Trinajstić information content (AvgIpc) is 1.86. The molecule has 4 heteroatoms. The van der Waals surface area contributed by atoms with E-state index in [4.69, 9.17) is 15.9 Å². The maximum atomic E-state index is 10.2. The van der Waals surface area contributed by atoms with Gasteiger partial charge in [-0.2, -0.15) is 0 Å². The Bertz CT molecular complexity index is 133. The quantitative estimate of drug-likeness (QED) is 0.481. The van der Waals surface area contributed by atoms with Crippen LogP contribution in [0.3, 0.4) is 0 Å². The van der Waals surface area contributed by atoms with Gasteiger partial charge in [-0.3, -0.25) is 5.73 Å². The van der Waals surface area contributed by atoms with Gasteiger partial charge in [0.15, 0.2) is 0 Å². The van der Waals surface area contributed by atoms with E-state index in [1.54, 1.807) is 13.8 Å². The molecule has 0 aliphatic heterocycles. The molecule has 0 amide bonds. The monoisotopic (exact) mass is 147 g/mol. The molecule has 0 radical (unpaired) electrons. The van der Waals surface area contributed by atoms with Crippen LogP contribution in [0.25, 0.3) is 0 Å². The number of aliphatic carboxylic acids is 1. The third-order valence-corrected chi connectivity index (χ3v) is 1.71. The van der Waals surface area contributed by atoms with Crippen LogP contribution in [-0.4, -0.2) is 21.9 Å². The number of hydrogen-bond acceptors (Lipinski definition) is 3. The summed E-state index contributed by atoms with van der Waals surface area (Å²) in [5.74, 6) is -1.80. The minimum absolute atomic E-state index is 0.426. The summed E-state index contributed by atoms with van der Waals surface area (Å²) in [7, 11) is 0. The summed E-state index contributed by atoms with van der Waals surface area (Å²) in [4.78, 5) is 10.2. The molecule has 0 aromatic rings. The van der Waals surface area contributed by atoms with Crippen molar-refractivity contribution in [2.24, 2.45) is 11.7 Å². The Morgan fingerprint density at radius 3 is 2.30 bits per heavy atom. The second kappa shape index (κ2) is 2.98. The van der Waals surface area contributed by atoms with Crippen LogP contribution in [0, 0.1) is 5.92 Å². The summed E-state index contributed by atoms with van der Waals surface area (Å²) < 4.78 is 0. The fourth-order valence-electron chi connectivity index (χ4n) is 0.522. The molecule has 2 atom stereocenters. The lowest BCUT2D eigenvalue weighted by atomic mass is 9.96. The molecule has 0 saturated carbocycles. The van der Waals surface area contributed by atoms with Crippen LogP contribution in [0.5, 0.6) is 0 Å². The Labute approximate surface area is 59.7 Å². The van der Waals surface area contributed by atoms with Gasteiger partial charge in [-0.15, -0.1) is 0 Å². The van der Waals surface area contributed by atoms with E-state index in [0.717, 1.165) is 0 Å². The Morgan fingerprint density at radius 2 is 2.20 bits per heavy atom. The highest BCUT2D eigenvalue weighted by molar-refractivity contribution is 5.76. The zero-order valence-electron chi connectivity index (χ0n) is 6.16. The molecule has 0 saturated heterocycles. The Morgan fingerprint density at radius 1 is 1.80 bits per heavy atom. The number of carboxylic acid groups (broad SMARTS) is 1. The lowest BCUT2D eigenvalue weighted by molar-refractivity contribution is -0.163. The van der Waals surface area contributed by atoms with Crippen molar-refractivity contribution < 1.29 is 15.0 Å². The van der Waals surface area contributed by atoms with Crippen molar-refractivity contribution in [1.29, 1.82) is 0 Å². The van der Waals surface area contributed by atoms with Gasteiger partial charge < -0.3 is 10.2 Å². The van der Waals surface area contributed by atoms with Gasteiger partial charge in [-0.25, -0.2) is 4.79 Å². The van der Waals surface area contributed by atoms with Crippen LogP contribution in [0.15, 0.2) is 0 Å². The summed E-state index contributed by atoms with van der Waals surface area (Å²) in [6.07, 6.45) is 0.541. The van der Waals surface area contributed by atoms with E-state index >= 15 is 0 Å². The molecule has 0 bridgehead atoms.